The Labute approximate surface area is 151 Å². The summed E-state index contributed by atoms with van der Waals surface area (Å²) >= 11 is 3.52. The third-order valence-electron chi connectivity index (χ3n) is 4.60. The maximum atomic E-state index is 13.7. The number of rotatable bonds is 1. The summed E-state index contributed by atoms with van der Waals surface area (Å²) in [7, 11) is -1.14. The Morgan fingerprint density at radius 2 is 1.54 bits per heavy atom. The van der Waals surface area contributed by atoms with Gasteiger partial charge in [-0.25, -0.2) is 0 Å². The summed E-state index contributed by atoms with van der Waals surface area (Å²) in [4.78, 5) is 2.19. The van der Waals surface area contributed by atoms with E-state index >= 15 is 0 Å². The van der Waals surface area contributed by atoms with Gasteiger partial charge in [0.15, 0.2) is 0 Å². The van der Waals surface area contributed by atoms with E-state index in [2.05, 4.69) is 43.3 Å². The summed E-state index contributed by atoms with van der Waals surface area (Å²) in [6.45, 7) is 2.11. The molecule has 2 heterocycles. The Morgan fingerprint density at radius 3 is 2.33 bits per heavy atom. The Balaban J connectivity index is 1.91. The van der Waals surface area contributed by atoms with Crippen LogP contribution in [0.25, 0.3) is 20.2 Å². The second-order valence-electron chi connectivity index (χ2n) is 6.04. The zero-order chi connectivity index (χ0) is 16.3. The molecule has 0 bridgehead atoms. The lowest BCUT2D eigenvalue weighted by Gasteiger charge is -2.28. The molecule has 4 heteroatoms. The van der Waals surface area contributed by atoms with Crippen molar-refractivity contribution in [2.45, 2.75) is 20.8 Å². The minimum absolute atomic E-state index is 0.499. The van der Waals surface area contributed by atoms with Gasteiger partial charge in [-0.3, -0.25) is 4.21 Å². The van der Waals surface area contributed by atoms with Crippen LogP contribution < -0.4 is 0 Å². The summed E-state index contributed by atoms with van der Waals surface area (Å²) in [5.74, 6) is 0. The SMILES string of the molecule is CC1(c2ccccc2)Sc2cccc3sc4cccc(c4c23)S1=O. The molecule has 0 spiro atoms. The van der Waals surface area contributed by atoms with Gasteiger partial charge in [0.1, 0.15) is 4.08 Å². The molecule has 5 rings (SSSR count). The molecule has 0 N–H and O–H groups in total. The van der Waals surface area contributed by atoms with Gasteiger partial charge in [0.25, 0.3) is 0 Å². The van der Waals surface area contributed by atoms with E-state index in [9.17, 15) is 4.21 Å². The first kappa shape index (κ1) is 14.7. The van der Waals surface area contributed by atoms with E-state index in [0.717, 1.165) is 10.5 Å². The highest BCUT2D eigenvalue weighted by molar-refractivity contribution is 8.12. The molecule has 1 aliphatic rings. The first-order chi connectivity index (χ1) is 11.7. The number of hydrogen-bond acceptors (Lipinski definition) is 3. The zero-order valence-corrected chi connectivity index (χ0v) is 15.4. The highest BCUT2D eigenvalue weighted by Gasteiger charge is 2.39. The second kappa shape index (κ2) is 5.19. The summed E-state index contributed by atoms with van der Waals surface area (Å²) in [6, 6.07) is 22.9. The fourth-order valence-electron chi connectivity index (χ4n) is 3.41. The minimum Gasteiger partial charge on any atom is -0.253 e. The topological polar surface area (TPSA) is 17.1 Å². The van der Waals surface area contributed by atoms with Crippen LogP contribution in [0.4, 0.5) is 0 Å². The highest BCUT2D eigenvalue weighted by atomic mass is 32.2. The van der Waals surface area contributed by atoms with Crippen LogP contribution in [0.1, 0.15) is 12.5 Å². The molecule has 0 saturated heterocycles. The Hall–Kier alpha value is -1.62. The monoisotopic (exact) mass is 366 g/mol. The number of hydrogen-bond donors (Lipinski definition) is 0. The molecule has 0 fully saturated rings. The molecule has 0 amide bonds. The fourth-order valence-corrected chi connectivity index (χ4v) is 8.04. The second-order valence-corrected chi connectivity index (χ2v) is 10.6. The maximum absolute atomic E-state index is 13.7. The largest absolute Gasteiger partial charge is 0.253 e. The van der Waals surface area contributed by atoms with E-state index in [1.165, 1.54) is 25.1 Å². The van der Waals surface area contributed by atoms with Gasteiger partial charge < -0.3 is 0 Å². The quantitative estimate of drug-likeness (QED) is 0.402. The van der Waals surface area contributed by atoms with Gasteiger partial charge in [0.05, 0.1) is 10.8 Å². The van der Waals surface area contributed by atoms with Crippen LogP contribution in [0, 0.1) is 0 Å². The summed E-state index contributed by atoms with van der Waals surface area (Å²) in [5.41, 5.74) is 1.11. The molecule has 3 aromatic carbocycles. The van der Waals surface area contributed by atoms with Gasteiger partial charge in [-0.2, -0.15) is 0 Å². The molecule has 4 aromatic rings. The summed E-state index contributed by atoms with van der Waals surface area (Å²) in [6.07, 6.45) is 0. The van der Waals surface area contributed by atoms with E-state index in [1.807, 2.05) is 30.3 Å². The first-order valence-corrected chi connectivity index (χ1v) is 10.6. The summed E-state index contributed by atoms with van der Waals surface area (Å²) < 4.78 is 15.7. The summed E-state index contributed by atoms with van der Waals surface area (Å²) in [5, 5.41) is 2.45. The van der Waals surface area contributed by atoms with Crippen LogP contribution in [0.15, 0.2) is 76.5 Å². The van der Waals surface area contributed by atoms with E-state index in [4.69, 9.17) is 0 Å². The van der Waals surface area contributed by atoms with Gasteiger partial charge in [0.2, 0.25) is 0 Å². The van der Waals surface area contributed by atoms with E-state index < -0.39 is 14.9 Å². The zero-order valence-electron chi connectivity index (χ0n) is 13.0. The molecule has 24 heavy (non-hydrogen) atoms. The molecule has 2 unspecified atom stereocenters. The van der Waals surface area contributed by atoms with Crippen molar-refractivity contribution in [3.05, 3.63) is 72.3 Å². The molecule has 0 saturated carbocycles. The van der Waals surface area contributed by atoms with Crippen molar-refractivity contribution < 1.29 is 4.21 Å². The van der Waals surface area contributed by atoms with E-state index in [1.54, 1.807) is 23.1 Å². The van der Waals surface area contributed by atoms with Crippen molar-refractivity contribution in [1.82, 2.24) is 0 Å². The average molecular weight is 367 g/mol. The van der Waals surface area contributed by atoms with Crippen LogP contribution in [0.2, 0.25) is 0 Å². The average Bonchev–Trinajstić information content (AvgIpc) is 2.96. The van der Waals surface area contributed by atoms with Gasteiger partial charge in [-0.05, 0) is 36.8 Å². The van der Waals surface area contributed by atoms with Gasteiger partial charge in [-0.1, -0.05) is 54.2 Å². The number of thioether (sulfide) groups is 1. The normalized spacial score (nSPS) is 23.0. The molecule has 118 valence electrons. The van der Waals surface area contributed by atoms with Crippen molar-refractivity contribution in [3.63, 3.8) is 0 Å². The van der Waals surface area contributed by atoms with Gasteiger partial charge in [-0.15, -0.1) is 11.3 Å². The Kier molecular flexibility index (Phi) is 3.18. The standard InChI is InChI=1S/C20H14OS3/c1-20(13-7-3-2-4-8-13)23-16-11-5-9-14-18(16)19-15(22-14)10-6-12-17(19)24(20)21/h2-12H,1H3. The van der Waals surface area contributed by atoms with Crippen molar-refractivity contribution in [2.75, 3.05) is 0 Å². The van der Waals surface area contributed by atoms with E-state index in [0.29, 0.717) is 0 Å². The van der Waals surface area contributed by atoms with Crippen LogP contribution in [0.3, 0.4) is 0 Å². The molecule has 0 radical (unpaired) electrons. The van der Waals surface area contributed by atoms with E-state index in [-0.39, 0.29) is 0 Å². The van der Waals surface area contributed by atoms with Crippen molar-refractivity contribution in [2.24, 2.45) is 0 Å². The smallest absolute Gasteiger partial charge is 0.122 e. The number of thiophene rings is 1. The van der Waals surface area contributed by atoms with Crippen LogP contribution in [0.5, 0.6) is 0 Å². The lowest BCUT2D eigenvalue weighted by molar-refractivity contribution is 0.672. The highest BCUT2D eigenvalue weighted by Crippen LogP contribution is 2.54. The molecular formula is C20H14OS3. The Bertz CT molecular complexity index is 1110. The predicted molar refractivity (Wildman–Crippen MR) is 105 cm³/mol. The minimum atomic E-state index is -1.14. The molecule has 1 aliphatic heterocycles. The molecule has 1 aromatic heterocycles. The molecule has 2 atom stereocenters. The lowest BCUT2D eigenvalue weighted by atomic mass is 10.1. The maximum Gasteiger partial charge on any atom is 0.122 e. The Morgan fingerprint density at radius 1 is 0.833 bits per heavy atom. The van der Waals surface area contributed by atoms with Gasteiger partial charge in [0, 0.05) is 30.0 Å². The molecule has 1 nitrogen and oxygen atoms in total. The van der Waals surface area contributed by atoms with Crippen LogP contribution in [-0.4, -0.2) is 4.21 Å². The lowest BCUT2D eigenvalue weighted by Crippen LogP contribution is -2.23. The number of benzene rings is 3. The van der Waals surface area contributed by atoms with Crippen molar-refractivity contribution >= 4 is 54.1 Å². The van der Waals surface area contributed by atoms with Gasteiger partial charge >= 0.3 is 0 Å². The predicted octanol–water partition coefficient (Wildman–Crippen LogP) is 6.14. The fraction of sp³-hybridized carbons (Fsp3) is 0.100. The third kappa shape index (κ3) is 1.91. The van der Waals surface area contributed by atoms with Crippen molar-refractivity contribution in [3.8, 4) is 0 Å². The van der Waals surface area contributed by atoms with Crippen LogP contribution in [-0.2, 0) is 14.9 Å². The molecule has 0 aliphatic carbocycles. The first-order valence-electron chi connectivity index (χ1n) is 7.79. The van der Waals surface area contributed by atoms with Crippen LogP contribution >= 0.6 is 23.1 Å². The molecular weight excluding hydrogens is 352 g/mol. The van der Waals surface area contributed by atoms with Crippen molar-refractivity contribution in [1.29, 1.82) is 0 Å². The third-order valence-corrected chi connectivity index (χ3v) is 9.29.